The van der Waals surface area contributed by atoms with Gasteiger partial charge >= 0.3 is 5.97 Å². The van der Waals surface area contributed by atoms with Gasteiger partial charge in [-0.15, -0.1) is 0 Å². The van der Waals surface area contributed by atoms with Crippen LogP contribution in [0.3, 0.4) is 0 Å². The summed E-state index contributed by atoms with van der Waals surface area (Å²) in [5.41, 5.74) is 7.13. The second kappa shape index (κ2) is 3.35. The van der Waals surface area contributed by atoms with E-state index in [1.54, 1.807) is 0 Å². The molecule has 15 heavy (non-hydrogen) atoms. The van der Waals surface area contributed by atoms with Crippen molar-refractivity contribution in [2.24, 2.45) is 5.73 Å². The molecule has 3 heteroatoms. The number of hydrogen-bond donors (Lipinski definition) is 2. The molecule has 0 radical (unpaired) electrons. The second-order valence-corrected chi connectivity index (χ2v) is 4.48. The van der Waals surface area contributed by atoms with Gasteiger partial charge in [-0.3, -0.25) is 4.79 Å². The van der Waals surface area contributed by atoms with Gasteiger partial charge < -0.3 is 10.8 Å². The molecule has 0 bridgehead atoms. The van der Waals surface area contributed by atoms with E-state index in [9.17, 15) is 4.79 Å². The molecule has 1 saturated carbocycles. The maximum Gasteiger partial charge on any atom is 0.323 e. The molecule has 1 fully saturated rings. The molecule has 0 aliphatic heterocycles. The van der Waals surface area contributed by atoms with Crippen LogP contribution in [-0.2, 0) is 4.79 Å². The third-order valence-electron chi connectivity index (χ3n) is 3.20. The zero-order valence-electron chi connectivity index (χ0n) is 8.73. The summed E-state index contributed by atoms with van der Waals surface area (Å²) in [6.07, 6.45) is 1.09. The Morgan fingerprint density at radius 2 is 1.93 bits per heavy atom. The largest absolute Gasteiger partial charge is 0.480 e. The van der Waals surface area contributed by atoms with E-state index in [1.165, 1.54) is 11.1 Å². The first kappa shape index (κ1) is 10.2. The maximum absolute atomic E-state index is 10.8. The van der Waals surface area contributed by atoms with Crippen molar-refractivity contribution in [1.82, 2.24) is 0 Å². The summed E-state index contributed by atoms with van der Waals surface area (Å²) >= 11 is 0. The van der Waals surface area contributed by atoms with Crippen molar-refractivity contribution in [3.8, 4) is 0 Å². The SMILES string of the molecule is Cc1ccc(C2CC(N)(C(=O)O)C2)cc1. The van der Waals surface area contributed by atoms with Crippen molar-refractivity contribution in [3.63, 3.8) is 0 Å². The monoisotopic (exact) mass is 205 g/mol. The van der Waals surface area contributed by atoms with Crippen LogP contribution >= 0.6 is 0 Å². The number of aliphatic carboxylic acids is 1. The molecular weight excluding hydrogens is 190 g/mol. The Kier molecular flexibility index (Phi) is 2.27. The molecule has 1 aliphatic carbocycles. The quantitative estimate of drug-likeness (QED) is 0.771. The average Bonchev–Trinajstić information content (AvgIpc) is 2.14. The van der Waals surface area contributed by atoms with E-state index in [0.717, 1.165) is 0 Å². The summed E-state index contributed by atoms with van der Waals surface area (Å²) in [6.45, 7) is 2.04. The predicted molar refractivity (Wildman–Crippen MR) is 57.7 cm³/mol. The molecule has 0 spiro atoms. The molecule has 0 unspecified atom stereocenters. The number of aryl methyl sites for hydroxylation is 1. The molecule has 3 nitrogen and oxygen atoms in total. The van der Waals surface area contributed by atoms with Crippen LogP contribution in [0.2, 0.25) is 0 Å². The van der Waals surface area contributed by atoms with Crippen LogP contribution < -0.4 is 5.73 Å². The molecular formula is C12H15NO2. The topological polar surface area (TPSA) is 63.3 Å². The van der Waals surface area contributed by atoms with Crippen molar-refractivity contribution < 1.29 is 9.90 Å². The highest BCUT2D eigenvalue weighted by Crippen LogP contribution is 2.43. The molecule has 1 aliphatic rings. The maximum atomic E-state index is 10.8. The Morgan fingerprint density at radius 1 is 1.40 bits per heavy atom. The average molecular weight is 205 g/mol. The molecule has 1 aromatic rings. The van der Waals surface area contributed by atoms with Crippen LogP contribution in [0.1, 0.15) is 29.9 Å². The van der Waals surface area contributed by atoms with Crippen molar-refractivity contribution >= 4 is 5.97 Å². The van der Waals surface area contributed by atoms with Gasteiger partial charge in [0.25, 0.3) is 0 Å². The molecule has 0 atom stereocenters. The third kappa shape index (κ3) is 1.75. The number of carboxylic acids is 1. The zero-order valence-corrected chi connectivity index (χ0v) is 8.73. The lowest BCUT2D eigenvalue weighted by molar-refractivity contribution is -0.147. The Hall–Kier alpha value is -1.35. The number of carbonyl (C=O) groups is 1. The minimum absolute atomic E-state index is 0.312. The standard InChI is InChI=1S/C12H15NO2/c1-8-2-4-9(5-3-8)10-6-12(13,7-10)11(14)15/h2-5,10H,6-7,13H2,1H3,(H,14,15). The molecule has 80 valence electrons. The molecule has 1 aromatic carbocycles. The smallest absolute Gasteiger partial charge is 0.323 e. The Bertz CT molecular complexity index is 377. The van der Waals surface area contributed by atoms with Gasteiger partial charge in [-0.25, -0.2) is 0 Å². The molecule has 0 aromatic heterocycles. The Morgan fingerprint density at radius 3 is 2.40 bits per heavy atom. The van der Waals surface area contributed by atoms with Crippen molar-refractivity contribution in [1.29, 1.82) is 0 Å². The first-order valence-corrected chi connectivity index (χ1v) is 5.10. The number of carboxylic acid groups (broad SMARTS) is 1. The van der Waals surface area contributed by atoms with Gasteiger partial charge in [-0.1, -0.05) is 29.8 Å². The minimum Gasteiger partial charge on any atom is -0.480 e. The van der Waals surface area contributed by atoms with Crippen molar-refractivity contribution in [2.45, 2.75) is 31.2 Å². The van der Waals surface area contributed by atoms with Gasteiger partial charge in [-0.05, 0) is 31.2 Å². The van der Waals surface area contributed by atoms with Crippen LogP contribution in [0.25, 0.3) is 0 Å². The summed E-state index contributed by atoms with van der Waals surface area (Å²) in [4.78, 5) is 10.8. The fourth-order valence-corrected chi connectivity index (χ4v) is 2.07. The highest BCUT2D eigenvalue weighted by atomic mass is 16.4. The molecule has 0 heterocycles. The van der Waals surface area contributed by atoms with E-state index in [4.69, 9.17) is 10.8 Å². The van der Waals surface area contributed by atoms with Crippen LogP contribution in [0.4, 0.5) is 0 Å². The number of rotatable bonds is 2. The van der Waals surface area contributed by atoms with Crippen LogP contribution in [0.5, 0.6) is 0 Å². The number of benzene rings is 1. The third-order valence-corrected chi connectivity index (χ3v) is 3.20. The van der Waals surface area contributed by atoms with Gasteiger partial charge in [0, 0.05) is 0 Å². The first-order chi connectivity index (χ1) is 7.01. The molecule has 0 saturated heterocycles. The van der Waals surface area contributed by atoms with E-state index < -0.39 is 11.5 Å². The normalized spacial score (nSPS) is 29.6. The van der Waals surface area contributed by atoms with Crippen molar-refractivity contribution in [3.05, 3.63) is 35.4 Å². The van der Waals surface area contributed by atoms with Crippen LogP contribution in [-0.4, -0.2) is 16.6 Å². The Balaban J connectivity index is 2.06. The summed E-state index contributed by atoms with van der Waals surface area (Å²) < 4.78 is 0. The lowest BCUT2D eigenvalue weighted by atomic mass is 9.66. The second-order valence-electron chi connectivity index (χ2n) is 4.48. The fraction of sp³-hybridized carbons (Fsp3) is 0.417. The molecule has 0 amide bonds. The van der Waals surface area contributed by atoms with E-state index in [2.05, 4.69) is 12.1 Å². The minimum atomic E-state index is -0.991. The zero-order chi connectivity index (χ0) is 11.1. The highest BCUT2D eigenvalue weighted by molar-refractivity contribution is 5.80. The van der Waals surface area contributed by atoms with Crippen molar-refractivity contribution in [2.75, 3.05) is 0 Å². The Labute approximate surface area is 88.9 Å². The fourth-order valence-electron chi connectivity index (χ4n) is 2.07. The van der Waals surface area contributed by atoms with E-state index in [-0.39, 0.29) is 0 Å². The molecule has 3 N–H and O–H groups in total. The first-order valence-electron chi connectivity index (χ1n) is 5.10. The number of nitrogens with two attached hydrogens (primary N) is 1. The van der Waals surface area contributed by atoms with Gasteiger partial charge in [0.05, 0.1) is 0 Å². The van der Waals surface area contributed by atoms with E-state index in [0.29, 0.717) is 18.8 Å². The van der Waals surface area contributed by atoms with E-state index >= 15 is 0 Å². The van der Waals surface area contributed by atoms with Gasteiger partial charge in [0.2, 0.25) is 0 Å². The lowest BCUT2D eigenvalue weighted by Gasteiger charge is -2.41. The summed E-state index contributed by atoms with van der Waals surface area (Å²) in [5.74, 6) is -0.572. The summed E-state index contributed by atoms with van der Waals surface area (Å²) in [6, 6.07) is 8.21. The highest BCUT2D eigenvalue weighted by Gasteiger charge is 2.47. The summed E-state index contributed by atoms with van der Waals surface area (Å²) in [5, 5.41) is 8.88. The predicted octanol–water partition coefficient (Wildman–Crippen LogP) is 1.65. The van der Waals surface area contributed by atoms with Crippen LogP contribution in [0.15, 0.2) is 24.3 Å². The lowest BCUT2D eigenvalue weighted by Crippen LogP contribution is -2.56. The number of hydrogen-bond acceptors (Lipinski definition) is 2. The van der Waals surface area contributed by atoms with E-state index in [1.807, 2.05) is 19.1 Å². The summed E-state index contributed by atoms with van der Waals surface area (Å²) in [7, 11) is 0. The van der Waals surface area contributed by atoms with Gasteiger partial charge in [0.1, 0.15) is 5.54 Å². The van der Waals surface area contributed by atoms with Gasteiger partial charge in [0.15, 0.2) is 0 Å². The van der Waals surface area contributed by atoms with Crippen LogP contribution in [0, 0.1) is 6.92 Å². The molecule has 2 rings (SSSR count). The van der Waals surface area contributed by atoms with Gasteiger partial charge in [-0.2, -0.15) is 0 Å².